The van der Waals surface area contributed by atoms with Crippen LogP contribution in [0.15, 0.2) is 48.5 Å². The zero-order valence-corrected chi connectivity index (χ0v) is 15.9. The molecular weight excluding hydrogens is 352 g/mol. The molecular formula is C22H20N4O2. The fourth-order valence-electron chi connectivity index (χ4n) is 3.50. The van der Waals surface area contributed by atoms with Gasteiger partial charge in [0.1, 0.15) is 11.5 Å². The number of hydrogen-bond acceptors (Lipinski definition) is 3. The van der Waals surface area contributed by atoms with Gasteiger partial charge in [-0.05, 0) is 62.7 Å². The number of benzene rings is 2. The van der Waals surface area contributed by atoms with Gasteiger partial charge < -0.3 is 15.3 Å². The standard InChI is InChI=1S/C22H20N4O2/c1-12-19(14(3)27)13(2)23-20(12)22(28)24-16-10-8-15(9-11-16)21-25-17-6-4-5-7-18(17)26-21/h4-11,23H,1-3H3,(H,24,28)(H,25,26). The van der Waals surface area contributed by atoms with E-state index in [2.05, 4.69) is 20.3 Å². The van der Waals surface area contributed by atoms with E-state index in [1.165, 1.54) is 6.92 Å². The Morgan fingerprint density at radius 2 is 1.68 bits per heavy atom. The topological polar surface area (TPSA) is 90.6 Å². The first-order valence-electron chi connectivity index (χ1n) is 9.00. The number of anilines is 1. The van der Waals surface area contributed by atoms with E-state index >= 15 is 0 Å². The average Bonchev–Trinajstić information content (AvgIpc) is 3.23. The molecule has 2 aromatic heterocycles. The maximum absolute atomic E-state index is 12.6. The van der Waals surface area contributed by atoms with E-state index in [9.17, 15) is 9.59 Å². The second-order valence-electron chi connectivity index (χ2n) is 6.82. The van der Waals surface area contributed by atoms with Gasteiger partial charge in [-0.25, -0.2) is 4.98 Å². The van der Waals surface area contributed by atoms with Crippen LogP contribution in [0.25, 0.3) is 22.4 Å². The van der Waals surface area contributed by atoms with Crippen LogP contribution >= 0.6 is 0 Å². The third-order valence-electron chi connectivity index (χ3n) is 4.82. The summed E-state index contributed by atoms with van der Waals surface area (Å²) in [5.41, 5.74) is 5.84. The third-order valence-corrected chi connectivity index (χ3v) is 4.82. The molecule has 0 saturated carbocycles. The van der Waals surface area contributed by atoms with Gasteiger partial charge in [-0.15, -0.1) is 0 Å². The van der Waals surface area contributed by atoms with Crippen LogP contribution < -0.4 is 5.32 Å². The molecule has 2 aromatic carbocycles. The summed E-state index contributed by atoms with van der Waals surface area (Å²) in [7, 11) is 0. The molecule has 6 nitrogen and oxygen atoms in total. The highest BCUT2D eigenvalue weighted by Gasteiger charge is 2.19. The van der Waals surface area contributed by atoms with Crippen molar-refractivity contribution in [1.82, 2.24) is 15.0 Å². The van der Waals surface area contributed by atoms with Gasteiger partial charge in [-0.1, -0.05) is 12.1 Å². The number of para-hydroxylation sites is 2. The first kappa shape index (κ1) is 17.7. The van der Waals surface area contributed by atoms with Crippen LogP contribution in [-0.4, -0.2) is 26.6 Å². The SMILES string of the molecule is CC(=O)c1c(C)[nH]c(C(=O)Nc2ccc(-c3nc4ccccc4[nH]3)cc2)c1C. The molecule has 0 aliphatic carbocycles. The summed E-state index contributed by atoms with van der Waals surface area (Å²) in [4.78, 5) is 35.3. The first-order valence-corrected chi connectivity index (χ1v) is 9.00. The number of nitrogens with one attached hydrogen (secondary N) is 3. The molecule has 0 aliphatic rings. The molecule has 0 saturated heterocycles. The van der Waals surface area contributed by atoms with E-state index in [1.54, 1.807) is 13.8 Å². The van der Waals surface area contributed by atoms with Crippen LogP contribution in [-0.2, 0) is 0 Å². The maximum Gasteiger partial charge on any atom is 0.272 e. The molecule has 6 heteroatoms. The van der Waals surface area contributed by atoms with Gasteiger partial charge in [0.15, 0.2) is 5.78 Å². The van der Waals surface area contributed by atoms with Crippen molar-refractivity contribution in [2.45, 2.75) is 20.8 Å². The van der Waals surface area contributed by atoms with E-state index in [-0.39, 0.29) is 11.7 Å². The van der Waals surface area contributed by atoms with E-state index in [0.717, 1.165) is 22.4 Å². The number of ketones is 1. The summed E-state index contributed by atoms with van der Waals surface area (Å²) in [5, 5.41) is 2.87. The molecule has 1 amide bonds. The molecule has 28 heavy (non-hydrogen) atoms. The maximum atomic E-state index is 12.6. The zero-order valence-electron chi connectivity index (χ0n) is 15.9. The monoisotopic (exact) mass is 372 g/mol. The molecule has 0 bridgehead atoms. The highest BCUT2D eigenvalue weighted by Crippen LogP contribution is 2.23. The highest BCUT2D eigenvalue weighted by molar-refractivity contribution is 6.07. The average molecular weight is 372 g/mol. The summed E-state index contributed by atoms with van der Waals surface area (Å²) < 4.78 is 0. The number of aromatic amines is 2. The minimum absolute atomic E-state index is 0.0551. The van der Waals surface area contributed by atoms with Crippen molar-refractivity contribution in [3.63, 3.8) is 0 Å². The molecule has 2 heterocycles. The molecule has 3 N–H and O–H groups in total. The molecule has 4 aromatic rings. The number of nitrogens with zero attached hydrogens (tertiary/aromatic N) is 1. The molecule has 4 rings (SSSR count). The van der Waals surface area contributed by atoms with Crippen molar-refractivity contribution in [3.8, 4) is 11.4 Å². The minimum atomic E-state index is -0.274. The summed E-state index contributed by atoms with van der Waals surface area (Å²) in [6, 6.07) is 15.3. The van der Waals surface area contributed by atoms with E-state index in [0.29, 0.717) is 28.2 Å². The fourth-order valence-corrected chi connectivity index (χ4v) is 3.50. The number of rotatable bonds is 4. The first-order chi connectivity index (χ1) is 13.4. The van der Waals surface area contributed by atoms with Crippen molar-refractivity contribution in [2.24, 2.45) is 0 Å². The Bertz CT molecular complexity index is 1170. The van der Waals surface area contributed by atoms with E-state index < -0.39 is 0 Å². The zero-order chi connectivity index (χ0) is 19.8. The van der Waals surface area contributed by atoms with Gasteiger partial charge >= 0.3 is 0 Å². The number of Topliss-reactive ketones (excluding diaryl/α,β-unsaturated/α-hetero) is 1. The number of amides is 1. The van der Waals surface area contributed by atoms with Crippen LogP contribution in [0.1, 0.15) is 39.0 Å². The van der Waals surface area contributed by atoms with Gasteiger partial charge in [-0.3, -0.25) is 9.59 Å². The summed E-state index contributed by atoms with van der Waals surface area (Å²) >= 11 is 0. The normalized spacial score (nSPS) is 11.0. The number of hydrogen-bond donors (Lipinski definition) is 3. The van der Waals surface area contributed by atoms with Gasteiger partial charge in [0.05, 0.1) is 11.0 Å². The lowest BCUT2D eigenvalue weighted by Gasteiger charge is -2.06. The lowest BCUT2D eigenvalue weighted by Crippen LogP contribution is -2.13. The Morgan fingerprint density at radius 3 is 2.32 bits per heavy atom. The molecule has 0 atom stereocenters. The largest absolute Gasteiger partial charge is 0.354 e. The Balaban J connectivity index is 1.55. The summed E-state index contributed by atoms with van der Waals surface area (Å²) in [6.07, 6.45) is 0. The van der Waals surface area contributed by atoms with Gasteiger partial charge in [0, 0.05) is 22.5 Å². The summed E-state index contributed by atoms with van der Waals surface area (Å²) in [6.45, 7) is 5.07. The van der Waals surface area contributed by atoms with Crippen LogP contribution in [0.5, 0.6) is 0 Å². The smallest absolute Gasteiger partial charge is 0.272 e. The number of H-pyrrole nitrogens is 2. The molecule has 0 spiro atoms. The second-order valence-corrected chi connectivity index (χ2v) is 6.82. The Hall–Kier alpha value is -3.67. The lowest BCUT2D eigenvalue weighted by atomic mass is 10.1. The lowest BCUT2D eigenvalue weighted by molar-refractivity contribution is 0.101. The van der Waals surface area contributed by atoms with Gasteiger partial charge in [-0.2, -0.15) is 0 Å². The predicted molar refractivity (Wildman–Crippen MR) is 110 cm³/mol. The van der Waals surface area contributed by atoms with Crippen LogP contribution in [0.3, 0.4) is 0 Å². The minimum Gasteiger partial charge on any atom is -0.354 e. The Kier molecular flexibility index (Phi) is 4.31. The van der Waals surface area contributed by atoms with Gasteiger partial charge in [0.25, 0.3) is 5.91 Å². The molecule has 0 fully saturated rings. The van der Waals surface area contributed by atoms with Crippen molar-refractivity contribution in [1.29, 1.82) is 0 Å². The third kappa shape index (κ3) is 3.09. The molecule has 0 radical (unpaired) electrons. The van der Waals surface area contributed by atoms with Gasteiger partial charge in [0.2, 0.25) is 0 Å². The highest BCUT2D eigenvalue weighted by atomic mass is 16.2. The molecule has 0 unspecified atom stereocenters. The summed E-state index contributed by atoms with van der Waals surface area (Å²) in [5.74, 6) is 0.450. The number of carbonyl (C=O) groups excluding carboxylic acids is 2. The number of aryl methyl sites for hydroxylation is 1. The number of fused-ring (bicyclic) bond motifs is 1. The van der Waals surface area contributed by atoms with Crippen LogP contribution in [0.4, 0.5) is 5.69 Å². The molecule has 0 aliphatic heterocycles. The Morgan fingerprint density at radius 1 is 0.964 bits per heavy atom. The van der Waals surface area contributed by atoms with E-state index in [4.69, 9.17) is 0 Å². The van der Waals surface area contributed by atoms with Crippen molar-refractivity contribution in [3.05, 3.63) is 71.0 Å². The van der Waals surface area contributed by atoms with E-state index in [1.807, 2.05) is 48.5 Å². The van der Waals surface area contributed by atoms with Crippen molar-refractivity contribution < 1.29 is 9.59 Å². The number of carbonyl (C=O) groups is 2. The predicted octanol–water partition coefficient (Wildman–Crippen LogP) is 4.63. The van der Waals surface area contributed by atoms with Crippen LogP contribution in [0, 0.1) is 13.8 Å². The Labute approximate surface area is 162 Å². The number of aromatic nitrogens is 3. The quantitative estimate of drug-likeness (QED) is 0.456. The molecule has 140 valence electrons. The van der Waals surface area contributed by atoms with Crippen molar-refractivity contribution in [2.75, 3.05) is 5.32 Å². The number of imidazole rings is 1. The second kappa shape index (κ2) is 6.81. The van der Waals surface area contributed by atoms with Crippen molar-refractivity contribution >= 4 is 28.4 Å². The fraction of sp³-hybridized carbons (Fsp3) is 0.136. The van der Waals surface area contributed by atoms with Crippen LogP contribution in [0.2, 0.25) is 0 Å².